The minimum absolute atomic E-state index is 0.682. The fraction of sp³-hybridized carbons (Fsp3) is 0.944. The Morgan fingerprint density at radius 1 is 0.900 bits per heavy atom. The Morgan fingerprint density at radius 3 is 2.15 bits per heavy atom. The van der Waals surface area contributed by atoms with Gasteiger partial charge in [-0.2, -0.15) is 5.26 Å². The summed E-state index contributed by atoms with van der Waals surface area (Å²) in [5.74, 6) is 3.31. The number of nitrogens with zero attached hydrogens (tertiary/aromatic N) is 1. The molecule has 0 aromatic carbocycles. The van der Waals surface area contributed by atoms with E-state index < -0.39 is 0 Å². The van der Waals surface area contributed by atoms with Crippen molar-refractivity contribution >= 4 is 0 Å². The molecule has 0 bridgehead atoms. The molecule has 0 aromatic rings. The van der Waals surface area contributed by atoms with Crippen molar-refractivity contribution < 1.29 is 4.74 Å². The quantitative estimate of drug-likeness (QED) is 0.644. The van der Waals surface area contributed by atoms with Crippen LogP contribution in [0.1, 0.15) is 71.1 Å². The van der Waals surface area contributed by atoms with Gasteiger partial charge >= 0.3 is 0 Å². The van der Waals surface area contributed by atoms with Crippen LogP contribution in [0.4, 0.5) is 0 Å². The van der Waals surface area contributed by atoms with E-state index in [1.165, 1.54) is 57.8 Å². The fourth-order valence-corrected chi connectivity index (χ4v) is 3.85. The Balaban J connectivity index is 1.49. The highest BCUT2D eigenvalue weighted by Crippen LogP contribution is 2.32. The highest BCUT2D eigenvalue weighted by Gasteiger charge is 2.21. The predicted molar refractivity (Wildman–Crippen MR) is 82.2 cm³/mol. The van der Waals surface area contributed by atoms with Crippen molar-refractivity contribution in [3.8, 4) is 6.07 Å². The fourth-order valence-electron chi connectivity index (χ4n) is 3.85. The summed E-state index contributed by atoms with van der Waals surface area (Å²) >= 11 is 0. The average Bonchev–Trinajstić information content (AvgIpc) is 2.47. The van der Waals surface area contributed by atoms with Gasteiger partial charge in [-0.1, -0.05) is 32.6 Å². The van der Waals surface area contributed by atoms with Gasteiger partial charge in [0.15, 0.2) is 0 Å². The van der Waals surface area contributed by atoms with E-state index in [9.17, 15) is 0 Å². The summed E-state index contributed by atoms with van der Waals surface area (Å²) in [4.78, 5) is 0. The lowest BCUT2D eigenvalue weighted by atomic mass is 9.79. The number of rotatable bonds is 6. The molecule has 2 aliphatic rings. The third-order valence-corrected chi connectivity index (χ3v) is 5.51. The van der Waals surface area contributed by atoms with Gasteiger partial charge in [0.05, 0.1) is 6.07 Å². The minimum atomic E-state index is 0.682. The molecule has 0 spiro atoms. The molecule has 0 radical (unpaired) electrons. The first-order valence-corrected chi connectivity index (χ1v) is 8.72. The smallest absolute Gasteiger partial charge is 0.0624 e. The summed E-state index contributed by atoms with van der Waals surface area (Å²) in [6.07, 6.45) is 12.7. The third-order valence-electron chi connectivity index (χ3n) is 5.51. The first kappa shape index (κ1) is 15.8. The summed E-state index contributed by atoms with van der Waals surface area (Å²) in [7, 11) is 0. The van der Waals surface area contributed by atoms with Gasteiger partial charge in [0, 0.05) is 19.6 Å². The van der Waals surface area contributed by atoms with Crippen molar-refractivity contribution in [1.29, 1.82) is 5.26 Å². The first-order chi connectivity index (χ1) is 9.78. The number of nitriles is 1. The molecule has 2 nitrogen and oxygen atoms in total. The van der Waals surface area contributed by atoms with Crippen LogP contribution in [-0.2, 0) is 4.74 Å². The van der Waals surface area contributed by atoms with E-state index in [0.29, 0.717) is 5.92 Å². The van der Waals surface area contributed by atoms with Gasteiger partial charge in [-0.3, -0.25) is 0 Å². The summed E-state index contributed by atoms with van der Waals surface area (Å²) in [5.41, 5.74) is 0. The zero-order chi connectivity index (χ0) is 14.2. The molecule has 2 rings (SSSR count). The number of hydrogen-bond donors (Lipinski definition) is 0. The van der Waals surface area contributed by atoms with Crippen molar-refractivity contribution in [3.05, 3.63) is 0 Å². The molecule has 2 fully saturated rings. The lowest BCUT2D eigenvalue weighted by Crippen LogP contribution is -2.19. The number of ether oxygens (including phenoxy) is 1. The highest BCUT2D eigenvalue weighted by molar-refractivity contribution is 4.80. The van der Waals surface area contributed by atoms with Crippen molar-refractivity contribution in [3.63, 3.8) is 0 Å². The molecule has 0 N–H and O–H groups in total. The lowest BCUT2D eigenvalue weighted by molar-refractivity contribution is 0.0656. The Labute approximate surface area is 124 Å². The Bertz CT molecular complexity index is 293. The Hall–Kier alpha value is -0.550. The van der Waals surface area contributed by atoms with E-state index in [1.807, 2.05) is 0 Å². The molecular formula is C18H31NO. The molecule has 114 valence electrons. The monoisotopic (exact) mass is 277 g/mol. The van der Waals surface area contributed by atoms with Crippen molar-refractivity contribution in [1.82, 2.24) is 0 Å². The van der Waals surface area contributed by atoms with Crippen LogP contribution in [0.3, 0.4) is 0 Å². The second-order valence-electron chi connectivity index (χ2n) is 7.24. The molecule has 2 saturated carbocycles. The molecule has 0 saturated heterocycles. The largest absolute Gasteiger partial charge is 0.381 e. The summed E-state index contributed by atoms with van der Waals surface area (Å²) in [6.45, 7) is 4.33. The van der Waals surface area contributed by atoms with Gasteiger partial charge < -0.3 is 4.74 Å². The molecule has 2 heteroatoms. The molecule has 0 atom stereocenters. The van der Waals surface area contributed by atoms with Crippen LogP contribution < -0.4 is 0 Å². The van der Waals surface area contributed by atoms with Crippen molar-refractivity contribution in [2.24, 2.45) is 23.7 Å². The van der Waals surface area contributed by atoms with Gasteiger partial charge in [0.25, 0.3) is 0 Å². The summed E-state index contributed by atoms with van der Waals surface area (Å²) in [6, 6.07) is 2.32. The van der Waals surface area contributed by atoms with Gasteiger partial charge in [0.1, 0.15) is 0 Å². The molecule has 0 aliphatic heterocycles. The maximum Gasteiger partial charge on any atom is 0.0624 e. The van der Waals surface area contributed by atoms with Crippen LogP contribution >= 0.6 is 0 Å². The summed E-state index contributed by atoms with van der Waals surface area (Å²) < 4.78 is 5.93. The topological polar surface area (TPSA) is 33.0 Å². The van der Waals surface area contributed by atoms with Gasteiger partial charge in [-0.25, -0.2) is 0 Å². The van der Waals surface area contributed by atoms with Gasteiger partial charge in [0.2, 0.25) is 0 Å². The van der Waals surface area contributed by atoms with Crippen LogP contribution in [-0.4, -0.2) is 13.2 Å². The maximum absolute atomic E-state index is 8.73. The van der Waals surface area contributed by atoms with E-state index in [4.69, 9.17) is 10.00 Å². The van der Waals surface area contributed by atoms with Crippen LogP contribution in [0.25, 0.3) is 0 Å². The van der Waals surface area contributed by atoms with Crippen LogP contribution in [0.15, 0.2) is 0 Å². The van der Waals surface area contributed by atoms with E-state index >= 15 is 0 Å². The van der Waals surface area contributed by atoms with E-state index in [2.05, 4.69) is 13.0 Å². The van der Waals surface area contributed by atoms with Crippen molar-refractivity contribution in [2.75, 3.05) is 13.2 Å². The van der Waals surface area contributed by atoms with Crippen LogP contribution in [0.2, 0.25) is 0 Å². The normalized spacial score (nSPS) is 34.6. The van der Waals surface area contributed by atoms with Gasteiger partial charge in [-0.15, -0.1) is 0 Å². The maximum atomic E-state index is 8.73. The number of hydrogen-bond acceptors (Lipinski definition) is 2. The summed E-state index contributed by atoms with van der Waals surface area (Å²) in [5, 5.41) is 8.73. The molecule has 0 heterocycles. The lowest BCUT2D eigenvalue weighted by Gasteiger charge is -2.28. The average molecular weight is 277 g/mol. The third kappa shape index (κ3) is 5.44. The molecule has 20 heavy (non-hydrogen) atoms. The van der Waals surface area contributed by atoms with Gasteiger partial charge in [-0.05, 0) is 55.8 Å². The zero-order valence-electron chi connectivity index (χ0n) is 13.2. The molecule has 0 amide bonds. The molecule has 2 aliphatic carbocycles. The molecular weight excluding hydrogens is 246 g/mol. The standard InChI is InChI=1S/C18H31NO/c1-15-2-4-18(5-3-15)14-20-13-11-17-8-6-16(7-9-17)10-12-19/h15-18H,2-11,13-14H2,1H3/t15-,16-,17-,18-. The predicted octanol–water partition coefficient (Wildman–Crippen LogP) is 4.94. The van der Waals surface area contributed by atoms with Crippen molar-refractivity contribution in [2.45, 2.75) is 71.1 Å². The van der Waals surface area contributed by atoms with E-state index in [0.717, 1.165) is 37.4 Å². The first-order valence-electron chi connectivity index (χ1n) is 8.72. The Kier molecular flexibility index (Phi) is 6.87. The van der Waals surface area contributed by atoms with Crippen LogP contribution in [0.5, 0.6) is 0 Å². The molecule has 0 unspecified atom stereocenters. The Morgan fingerprint density at radius 2 is 1.50 bits per heavy atom. The second kappa shape index (κ2) is 8.67. The second-order valence-corrected chi connectivity index (χ2v) is 7.24. The van der Waals surface area contributed by atoms with E-state index in [1.54, 1.807) is 0 Å². The minimum Gasteiger partial charge on any atom is -0.381 e. The van der Waals surface area contributed by atoms with E-state index in [-0.39, 0.29) is 0 Å². The van der Waals surface area contributed by atoms with Crippen LogP contribution in [0, 0.1) is 35.0 Å². The SMILES string of the molecule is C[C@H]1CC[C@H](COCC[C@H]2CC[C@H](CC#N)CC2)CC1. The highest BCUT2D eigenvalue weighted by atomic mass is 16.5. The molecule has 0 aromatic heterocycles. The zero-order valence-corrected chi connectivity index (χ0v) is 13.2.